The minimum absolute atomic E-state index is 0.0182. The van der Waals surface area contributed by atoms with Crippen LogP contribution in [0.1, 0.15) is 37.1 Å². The van der Waals surface area contributed by atoms with Gasteiger partial charge >= 0.3 is 0 Å². The number of carbonyl (C=O) groups is 1. The van der Waals surface area contributed by atoms with Crippen LogP contribution < -0.4 is 5.32 Å². The van der Waals surface area contributed by atoms with Gasteiger partial charge in [-0.2, -0.15) is 5.10 Å². The molecule has 0 fully saturated rings. The van der Waals surface area contributed by atoms with Gasteiger partial charge in [0, 0.05) is 12.8 Å². The summed E-state index contributed by atoms with van der Waals surface area (Å²) in [5.41, 5.74) is 2.49. The predicted octanol–water partition coefficient (Wildman–Crippen LogP) is 2.16. The van der Waals surface area contributed by atoms with Crippen LogP contribution in [0.3, 0.4) is 0 Å². The van der Waals surface area contributed by atoms with Gasteiger partial charge in [0.2, 0.25) is 5.91 Å². The van der Waals surface area contributed by atoms with Gasteiger partial charge in [-0.25, -0.2) is 0 Å². The number of hydrogen-bond acceptors (Lipinski definition) is 2. The van der Waals surface area contributed by atoms with Gasteiger partial charge in [-0.05, 0) is 26.7 Å². The summed E-state index contributed by atoms with van der Waals surface area (Å²) >= 11 is 0. The molecule has 4 heteroatoms. The number of H-pyrrole nitrogens is 1. The van der Waals surface area contributed by atoms with Crippen LogP contribution in [0.5, 0.6) is 0 Å². The highest BCUT2D eigenvalue weighted by molar-refractivity contribution is 5.91. The first-order valence-corrected chi connectivity index (χ1v) is 5.40. The van der Waals surface area contributed by atoms with Crippen molar-refractivity contribution in [3.63, 3.8) is 0 Å². The molecule has 0 aliphatic rings. The van der Waals surface area contributed by atoms with Gasteiger partial charge in [0.05, 0.1) is 17.1 Å². The number of anilines is 1. The fourth-order valence-corrected chi connectivity index (χ4v) is 1.45. The Morgan fingerprint density at radius 3 is 2.81 bits per heavy atom. The average Bonchev–Trinajstić information content (AvgIpc) is 2.56. The Balaban J connectivity index is 2.38. The molecule has 0 aliphatic heterocycles. The lowest BCUT2D eigenvalue weighted by atomic mass is 10.2. The maximum absolute atomic E-state index is 11.6. The Morgan fingerprint density at radius 2 is 2.25 bits per heavy atom. The average molecular weight is 219 g/mol. The summed E-state index contributed by atoms with van der Waals surface area (Å²) < 4.78 is 0. The maximum Gasteiger partial charge on any atom is 0.224 e. The summed E-state index contributed by atoms with van der Waals surface area (Å²) in [7, 11) is 0. The highest BCUT2D eigenvalue weighted by Gasteiger charge is 2.09. The van der Waals surface area contributed by atoms with Gasteiger partial charge in [0.25, 0.3) is 0 Å². The van der Waals surface area contributed by atoms with Gasteiger partial charge in [-0.1, -0.05) is 0 Å². The first-order chi connectivity index (χ1) is 7.65. The van der Waals surface area contributed by atoms with Crippen molar-refractivity contribution in [1.29, 1.82) is 0 Å². The van der Waals surface area contributed by atoms with E-state index >= 15 is 0 Å². The number of aromatic nitrogens is 2. The van der Waals surface area contributed by atoms with Crippen LogP contribution in [0, 0.1) is 26.2 Å². The number of aromatic amines is 1. The molecule has 1 rings (SSSR count). The number of terminal acetylenes is 1. The van der Waals surface area contributed by atoms with Crippen molar-refractivity contribution in [2.24, 2.45) is 0 Å². The van der Waals surface area contributed by atoms with Crippen molar-refractivity contribution in [3.05, 3.63) is 11.4 Å². The lowest BCUT2D eigenvalue weighted by Crippen LogP contribution is -2.12. The standard InChI is InChI=1S/C12H17N3O/c1-4-5-6-7-8-11(16)13-12-9(2)14-15-10(12)3/h1H,5-8H2,2-3H3,(H,13,16)(H,14,15). The third kappa shape index (κ3) is 3.43. The zero-order valence-corrected chi connectivity index (χ0v) is 9.76. The zero-order chi connectivity index (χ0) is 12.0. The van der Waals surface area contributed by atoms with Gasteiger partial charge in [-0.3, -0.25) is 9.89 Å². The van der Waals surface area contributed by atoms with Gasteiger partial charge in [0.15, 0.2) is 0 Å². The molecule has 0 aromatic carbocycles. The number of amides is 1. The Bertz CT molecular complexity index is 381. The normalized spacial score (nSPS) is 9.81. The first kappa shape index (κ1) is 12.3. The Hall–Kier alpha value is -1.76. The van der Waals surface area contributed by atoms with E-state index in [9.17, 15) is 4.79 Å². The van der Waals surface area contributed by atoms with Crippen molar-refractivity contribution in [2.45, 2.75) is 39.5 Å². The molecular formula is C12H17N3O. The van der Waals surface area contributed by atoms with E-state index in [2.05, 4.69) is 21.4 Å². The quantitative estimate of drug-likeness (QED) is 0.589. The number of unbranched alkanes of at least 4 members (excludes halogenated alkanes) is 2. The van der Waals surface area contributed by atoms with E-state index < -0.39 is 0 Å². The molecule has 0 radical (unpaired) electrons. The Labute approximate surface area is 95.8 Å². The van der Waals surface area contributed by atoms with Crippen molar-refractivity contribution in [3.8, 4) is 12.3 Å². The van der Waals surface area contributed by atoms with E-state index in [0.717, 1.165) is 36.3 Å². The minimum Gasteiger partial charge on any atom is -0.323 e. The molecule has 4 nitrogen and oxygen atoms in total. The first-order valence-electron chi connectivity index (χ1n) is 5.40. The molecule has 0 aliphatic carbocycles. The van der Waals surface area contributed by atoms with Crippen molar-refractivity contribution < 1.29 is 4.79 Å². The second-order valence-electron chi connectivity index (χ2n) is 3.77. The van der Waals surface area contributed by atoms with Crippen LogP contribution in [-0.4, -0.2) is 16.1 Å². The van der Waals surface area contributed by atoms with Crippen LogP contribution in [0.15, 0.2) is 0 Å². The molecule has 86 valence electrons. The minimum atomic E-state index is 0.0182. The Kier molecular flexibility index (Phi) is 4.59. The molecule has 0 saturated heterocycles. The molecule has 2 N–H and O–H groups in total. The van der Waals surface area contributed by atoms with Crippen LogP contribution >= 0.6 is 0 Å². The number of nitrogens with one attached hydrogen (secondary N) is 2. The van der Waals surface area contributed by atoms with Gasteiger partial charge in [0.1, 0.15) is 0 Å². The molecule has 0 saturated carbocycles. The SMILES string of the molecule is C#CCCCCC(=O)Nc1c(C)n[nH]c1C. The van der Waals surface area contributed by atoms with E-state index in [0.29, 0.717) is 6.42 Å². The molecular weight excluding hydrogens is 202 g/mol. The number of hydrogen-bond donors (Lipinski definition) is 2. The van der Waals surface area contributed by atoms with Crippen LogP contribution in [0.4, 0.5) is 5.69 Å². The summed E-state index contributed by atoms with van der Waals surface area (Å²) in [6, 6.07) is 0. The van der Waals surface area contributed by atoms with E-state index in [1.807, 2.05) is 13.8 Å². The highest BCUT2D eigenvalue weighted by atomic mass is 16.1. The summed E-state index contributed by atoms with van der Waals surface area (Å²) in [6.45, 7) is 3.74. The lowest BCUT2D eigenvalue weighted by Gasteiger charge is -2.04. The number of carbonyl (C=O) groups excluding carboxylic acids is 1. The third-order valence-electron chi connectivity index (χ3n) is 2.37. The molecule has 1 heterocycles. The topological polar surface area (TPSA) is 57.8 Å². The monoisotopic (exact) mass is 219 g/mol. The smallest absolute Gasteiger partial charge is 0.224 e. The van der Waals surface area contributed by atoms with E-state index in [1.54, 1.807) is 0 Å². The lowest BCUT2D eigenvalue weighted by molar-refractivity contribution is -0.116. The predicted molar refractivity (Wildman–Crippen MR) is 64.0 cm³/mol. The second kappa shape index (κ2) is 5.96. The largest absolute Gasteiger partial charge is 0.323 e. The van der Waals surface area contributed by atoms with E-state index in [-0.39, 0.29) is 5.91 Å². The van der Waals surface area contributed by atoms with Crippen molar-refractivity contribution in [2.75, 3.05) is 5.32 Å². The zero-order valence-electron chi connectivity index (χ0n) is 9.76. The Morgan fingerprint density at radius 1 is 1.50 bits per heavy atom. The number of nitrogens with zero attached hydrogens (tertiary/aromatic N) is 1. The maximum atomic E-state index is 11.6. The van der Waals surface area contributed by atoms with Gasteiger partial charge < -0.3 is 5.32 Å². The summed E-state index contributed by atoms with van der Waals surface area (Å²) in [4.78, 5) is 11.6. The molecule has 1 aromatic heterocycles. The molecule has 0 unspecified atom stereocenters. The molecule has 0 atom stereocenters. The summed E-state index contributed by atoms with van der Waals surface area (Å²) in [6.07, 6.45) is 8.09. The number of rotatable bonds is 5. The van der Waals surface area contributed by atoms with E-state index in [1.165, 1.54) is 0 Å². The molecule has 0 spiro atoms. The van der Waals surface area contributed by atoms with Crippen LogP contribution in [0.25, 0.3) is 0 Å². The molecule has 0 bridgehead atoms. The fourth-order valence-electron chi connectivity index (χ4n) is 1.45. The summed E-state index contributed by atoms with van der Waals surface area (Å²) in [5, 5.41) is 9.69. The van der Waals surface area contributed by atoms with E-state index in [4.69, 9.17) is 6.42 Å². The second-order valence-corrected chi connectivity index (χ2v) is 3.77. The van der Waals surface area contributed by atoms with Crippen LogP contribution in [-0.2, 0) is 4.79 Å². The summed E-state index contributed by atoms with van der Waals surface area (Å²) in [5.74, 6) is 2.58. The van der Waals surface area contributed by atoms with Gasteiger partial charge in [-0.15, -0.1) is 12.3 Å². The molecule has 1 aromatic rings. The molecule has 1 amide bonds. The highest BCUT2D eigenvalue weighted by Crippen LogP contribution is 2.16. The number of aryl methyl sites for hydroxylation is 2. The van der Waals surface area contributed by atoms with Crippen LogP contribution in [0.2, 0.25) is 0 Å². The van der Waals surface area contributed by atoms with Crippen molar-refractivity contribution in [1.82, 2.24) is 10.2 Å². The fraction of sp³-hybridized carbons (Fsp3) is 0.500. The van der Waals surface area contributed by atoms with Crippen molar-refractivity contribution >= 4 is 11.6 Å². The third-order valence-corrected chi connectivity index (χ3v) is 2.37. The molecule has 16 heavy (non-hydrogen) atoms.